The molecule has 1 atom stereocenters. The molecule has 0 radical (unpaired) electrons. The third-order valence-electron chi connectivity index (χ3n) is 7.53. The molecule has 0 bridgehead atoms. The summed E-state index contributed by atoms with van der Waals surface area (Å²) < 4.78 is 39.8. The van der Waals surface area contributed by atoms with Gasteiger partial charge in [0.05, 0.1) is 11.0 Å². The first-order chi connectivity index (χ1) is 21.4. The summed E-state index contributed by atoms with van der Waals surface area (Å²) >= 11 is 0. The molecule has 2 heterocycles. The normalized spacial score (nSPS) is 13.4. The Kier molecular flexibility index (Phi) is 8.96. The lowest BCUT2D eigenvalue weighted by Gasteiger charge is -2.12. The predicted octanol–water partition coefficient (Wildman–Crippen LogP) is 4.87. The van der Waals surface area contributed by atoms with E-state index in [2.05, 4.69) is 37.3 Å². The Hall–Kier alpha value is -4.58. The molecule has 6 rings (SSSR count). The van der Waals surface area contributed by atoms with Crippen LogP contribution in [0.15, 0.2) is 101 Å². The molecule has 44 heavy (non-hydrogen) atoms. The molecule has 0 aliphatic heterocycles. The van der Waals surface area contributed by atoms with Crippen LogP contribution in [-0.2, 0) is 35.9 Å². The number of fused-ring (bicyclic) bond motifs is 1. The summed E-state index contributed by atoms with van der Waals surface area (Å²) in [6.45, 7) is 1.23. The Bertz CT molecular complexity index is 1790. The van der Waals surface area contributed by atoms with Crippen molar-refractivity contribution in [3.8, 4) is 17.1 Å². The zero-order valence-electron chi connectivity index (χ0n) is 24.0. The highest BCUT2D eigenvalue weighted by molar-refractivity contribution is 7.92. The molecule has 0 fully saturated rings. The minimum Gasteiger partial charge on any atom is -0.484 e. The second kappa shape index (κ2) is 13.4. The standard InChI is InChI=1S/C33H33N5O5S/c39-31(27-5-2-17-34-20-27)21-35-18-16-23-6-11-28(12-7-23)38-44(40,41)30-14-9-25(10-15-30)33-36-32(43-37-33)22-42-29-13-8-24-3-1-4-26(24)19-29/h2,5-15,17,19-20,31,35,38-39H,1,3-4,16,18,21-22H2. The number of ether oxygens (including phenoxy) is 1. The number of aliphatic hydroxyl groups is 1. The van der Waals surface area contributed by atoms with Gasteiger partial charge in [-0.1, -0.05) is 29.4 Å². The van der Waals surface area contributed by atoms with Crippen molar-refractivity contribution in [2.45, 2.75) is 43.3 Å². The highest BCUT2D eigenvalue weighted by atomic mass is 32.2. The van der Waals surface area contributed by atoms with Gasteiger partial charge in [-0.2, -0.15) is 4.98 Å². The van der Waals surface area contributed by atoms with Gasteiger partial charge in [-0.15, -0.1) is 0 Å². The van der Waals surface area contributed by atoms with Crippen LogP contribution in [0.25, 0.3) is 11.4 Å². The maximum atomic E-state index is 13.0. The summed E-state index contributed by atoms with van der Waals surface area (Å²) in [6.07, 6.45) is 6.79. The van der Waals surface area contributed by atoms with E-state index in [0.29, 0.717) is 36.1 Å². The van der Waals surface area contributed by atoms with Gasteiger partial charge in [0.2, 0.25) is 5.82 Å². The number of pyridine rings is 1. The van der Waals surface area contributed by atoms with Crippen molar-refractivity contribution >= 4 is 15.7 Å². The van der Waals surface area contributed by atoms with Crippen molar-refractivity contribution in [1.29, 1.82) is 0 Å². The van der Waals surface area contributed by atoms with Crippen molar-refractivity contribution in [3.05, 3.63) is 119 Å². The first-order valence-electron chi connectivity index (χ1n) is 14.5. The molecule has 3 aromatic carbocycles. The molecular formula is C33H33N5O5S. The fourth-order valence-corrected chi connectivity index (χ4v) is 6.17. The molecule has 1 aliphatic carbocycles. The van der Waals surface area contributed by atoms with Crippen LogP contribution in [0.3, 0.4) is 0 Å². The molecule has 2 aromatic heterocycles. The molecule has 1 unspecified atom stereocenters. The Balaban J connectivity index is 0.985. The van der Waals surface area contributed by atoms with Gasteiger partial charge in [0, 0.05) is 35.8 Å². The fraction of sp³-hybridized carbons (Fsp3) is 0.242. The van der Waals surface area contributed by atoms with Crippen LogP contribution in [0, 0.1) is 0 Å². The molecule has 226 valence electrons. The molecule has 0 saturated carbocycles. The third-order valence-corrected chi connectivity index (χ3v) is 8.92. The second-order valence-corrected chi connectivity index (χ2v) is 12.3. The van der Waals surface area contributed by atoms with Crippen molar-refractivity contribution < 1.29 is 22.8 Å². The number of rotatable bonds is 13. The Morgan fingerprint density at radius 1 is 0.977 bits per heavy atom. The van der Waals surface area contributed by atoms with Crippen LogP contribution in [0.1, 0.15) is 40.7 Å². The SMILES string of the molecule is O=S(=O)(Nc1ccc(CCNCC(O)c2cccnc2)cc1)c1ccc(-c2noc(COc3ccc4c(c3)CCC4)n2)cc1. The van der Waals surface area contributed by atoms with Gasteiger partial charge in [0.15, 0.2) is 6.61 Å². The molecule has 5 aromatic rings. The minimum atomic E-state index is -3.80. The first-order valence-corrected chi connectivity index (χ1v) is 16.0. The van der Waals surface area contributed by atoms with Crippen LogP contribution in [-0.4, -0.2) is 41.7 Å². The van der Waals surface area contributed by atoms with E-state index in [0.717, 1.165) is 36.1 Å². The van der Waals surface area contributed by atoms with Crippen LogP contribution in [0.2, 0.25) is 0 Å². The van der Waals surface area contributed by atoms with Crippen LogP contribution >= 0.6 is 0 Å². The molecule has 0 amide bonds. The number of benzene rings is 3. The van der Waals surface area contributed by atoms with Gasteiger partial charge in [0.25, 0.3) is 15.9 Å². The van der Waals surface area contributed by atoms with Gasteiger partial charge < -0.3 is 19.7 Å². The van der Waals surface area contributed by atoms with E-state index < -0.39 is 16.1 Å². The van der Waals surface area contributed by atoms with Crippen molar-refractivity contribution in [3.63, 3.8) is 0 Å². The molecule has 3 N–H and O–H groups in total. The number of hydrogen-bond donors (Lipinski definition) is 3. The van der Waals surface area contributed by atoms with Crippen LogP contribution in [0.5, 0.6) is 5.75 Å². The van der Waals surface area contributed by atoms with E-state index in [-0.39, 0.29) is 11.5 Å². The largest absolute Gasteiger partial charge is 0.484 e. The zero-order valence-corrected chi connectivity index (χ0v) is 24.8. The number of aliphatic hydroxyl groups excluding tert-OH is 1. The summed E-state index contributed by atoms with van der Waals surface area (Å²) in [5, 5.41) is 17.5. The lowest BCUT2D eigenvalue weighted by Crippen LogP contribution is -2.23. The summed E-state index contributed by atoms with van der Waals surface area (Å²) in [7, 11) is -3.80. The van der Waals surface area contributed by atoms with E-state index in [1.807, 2.05) is 24.3 Å². The van der Waals surface area contributed by atoms with Crippen molar-refractivity contribution in [2.75, 3.05) is 17.8 Å². The second-order valence-electron chi connectivity index (χ2n) is 10.7. The third kappa shape index (κ3) is 7.31. The van der Waals surface area contributed by atoms with E-state index in [1.165, 1.54) is 29.7 Å². The van der Waals surface area contributed by atoms with E-state index in [4.69, 9.17) is 9.26 Å². The molecule has 0 saturated heterocycles. The lowest BCUT2D eigenvalue weighted by molar-refractivity contribution is 0.174. The number of aromatic nitrogens is 3. The van der Waals surface area contributed by atoms with Gasteiger partial charge >= 0.3 is 0 Å². The van der Waals surface area contributed by atoms with E-state index in [9.17, 15) is 13.5 Å². The number of hydrogen-bond acceptors (Lipinski definition) is 9. The van der Waals surface area contributed by atoms with Crippen molar-refractivity contribution in [1.82, 2.24) is 20.4 Å². The van der Waals surface area contributed by atoms with E-state index in [1.54, 1.807) is 42.7 Å². The molecule has 11 heteroatoms. The number of anilines is 1. The zero-order chi connectivity index (χ0) is 30.4. The Morgan fingerprint density at radius 2 is 1.80 bits per heavy atom. The number of aryl methyl sites for hydroxylation is 2. The minimum absolute atomic E-state index is 0.116. The van der Waals surface area contributed by atoms with Crippen LogP contribution < -0.4 is 14.8 Å². The lowest BCUT2D eigenvalue weighted by atomic mass is 10.1. The topological polar surface area (TPSA) is 139 Å². The predicted molar refractivity (Wildman–Crippen MR) is 166 cm³/mol. The smallest absolute Gasteiger partial charge is 0.264 e. The van der Waals surface area contributed by atoms with Crippen molar-refractivity contribution in [2.24, 2.45) is 0 Å². The maximum absolute atomic E-state index is 13.0. The highest BCUT2D eigenvalue weighted by Gasteiger charge is 2.17. The number of sulfonamides is 1. The maximum Gasteiger partial charge on any atom is 0.264 e. The number of nitrogens with zero attached hydrogens (tertiary/aromatic N) is 3. The summed E-state index contributed by atoms with van der Waals surface area (Å²) in [5.41, 5.74) is 5.60. The molecular weight excluding hydrogens is 578 g/mol. The Labute approximate surface area is 256 Å². The van der Waals surface area contributed by atoms with Gasteiger partial charge in [0.1, 0.15) is 5.75 Å². The molecule has 0 spiro atoms. The van der Waals surface area contributed by atoms with Gasteiger partial charge in [-0.3, -0.25) is 9.71 Å². The molecule has 1 aliphatic rings. The summed E-state index contributed by atoms with van der Waals surface area (Å²) in [4.78, 5) is 8.54. The Morgan fingerprint density at radius 3 is 2.59 bits per heavy atom. The quantitative estimate of drug-likeness (QED) is 0.159. The average molecular weight is 612 g/mol. The monoisotopic (exact) mass is 611 g/mol. The van der Waals surface area contributed by atoms with Gasteiger partial charge in [-0.25, -0.2) is 8.42 Å². The van der Waals surface area contributed by atoms with Gasteiger partial charge in [-0.05, 0) is 104 Å². The first kappa shape index (κ1) is 29.5. The summed E-state index contributed by atoms with van der Waals surface area (Å²) in [6, 6.07) is 23.3. The fourth-order valence-electron chi connectivity index (χ4n) is 5.11. The number of nitrogens with one attached hydrogen (secondary N) is 2. The highest BCUT2D eigenvalue weighted by Crippen LogP contribution is 2.27. The van der Waals surface area contributed by atoms with Crippen LogP contribution in [0.4, 0.5) is 5.69 Å². The van der Waals surface area contributed by atoms with E-state index >= 15 is 0 Å². The average Bonchev–Trinajstić information content (AvgIpc) is 3.73. The molecule has 10 nitrogen and oxygen atoms in total. The summed E-state index contributed by atoms with van der Waals surface area (Å²) in [5.74, 6) is 1.46.